The lowest BCUT2D eigenvalue weighted by atomic mass is 10.00. The van der Waals surface area contributed by atoms with Gasteiger partial charge in [0.15, 0.2) is 6.61 Å². The molecule has 128 valence electrons. The van der Waals surface area contributed by atoms with Crippen molar-refractivity contribution in [3.05, 3.63) is 76.3 Å². The van der Waals surface area contributed by atoms with Crippen molar-refractivity contribution in [1.29, 1.82) is 0 Å². The van der Waals surface area contributed by atoms with Crippen LogP contribution in [0.2, 0.25) is 5.02 Å². The van der Waals surface area contributed by atoms with Crippen LogP contribution in [0.3, 0.4) is 0 Å². The van der Waals surface area contributed by atoms with Crippen molar-refractivity contribution < 1.29 is 14.3 Å². The lowest BCUT2D eigenvalue weighted by Gasteiger charge is -2.28. The van der Waals surface area contributed by atoms with Gasteiger partial charge in [0.1, 0.15) is 0 Å². The minimum Gasteiger partial charge on any atom is -0.452 e. The van der Waals surface area contributed by atoms with Crippen LogP contribution in [0.1, 0.15) is 16.7 Å². The number of benzene rings is 2. The smallest absolute Gasteiger partial charge is 0.331 e. The highest BCUT2D eigenvalue weighted by Gasteiger charge is 2.20. The zero-order valence-corrected chi connectivity index (χ0v) is 14.4. The summed E-state index contributed by atoms with van der Waals surface area (Å²) < 4.78 is 5.05. The first-order chi connectivity index (χ1) is 12.1. The summed E-state index contributed by atoms with van der Waals surface area (Å²) in [5.74, 6) is -0.719. The number of nitrogens with zero attached hydrogens (tertiary/aromatic N) is 1. The first kappa shape index (κ1) is 17.2. The molecule has 0 aromatic heterocycles. The van der Waals surface area contributed by atoms with E-state index in [1.165, 1.54) is 11.6 Å². The second kappa shape index (κ2) is 7.99. The fraction of sp³-hybridized carbons (Fsp3) is 0.200. The molecule has 4 nitrogen and oxygen atoms in total. The maximum atomic E-state index is 12.2. The average molecular weight is 356 g/mol. The fourth-order valence-electron chi connectivity index (χ4n) is 2.72. The molecule has 0 N–H and O–H groups in total. The Morgan fingerprint density at radius 2 is 1.80 bits per heavy atom. The molecule has 1 aliphatic heterocycles. The maximum absolute atomic E-state index is 12.2. The summed E-state index contributed by atoms with van der Waals surface area (Å²) in [6, 6.07) is 15.1. The van der Waals surface area contributed by atoms with Gasteiger partial charge in [0, 0.05) is 24.2 Å². The van der Waals surface area contributed by atoms with Crippen LogP contribution in [0.25, 0.3) is 6.08 Å². The average Bonchev–Trinajstić information content (AvgIpc) is 2.65. The normalized spacial score (nSPS) is 13.6. The van der Waals surface area contributed by atoms with Gasteiger partial charge in [-0.05, 0) is 41.3 Å². The number of hydrogen-bond acceptors (Lipinski definition) is 3. The molecule has 0 atom stereocenters. The largest absolute Gasteiger partial charge is 0.452 e. The molecular weight excluding hydrogens is 338 g/mol. The predicted octanol–water partition coefficient (Wildman–Crippen LogP) is 3.48. The SMILES string of the molecule is O=C(C=Cc1ccc(Cl)cc1)OCC(=O)N1CCc2ccccc2C1. The molecule has 1 heterocycles. The van der Waals surface area contributed by atoms with Crippen molar-refractivity contribution in [3.8, 4) is 0 Å². The van der Waals surface area contributed by atoms with E-state index in [0.717, 1.165) is 17.5 Å². The number of ether oxygens (including phenoxy) is 1. The monoisotopic (exact) mass is 355 g/mol. The number of rotatable bonds is 4. The second-order valence-electron chi connectivity index (χ2n) is 5.83. The molecule has 0 bridgehead atoms. The summed E-state index contributed by atoms with van der Waals surface area (Å²) in [7, 11) is 0. The number of amides is 1. The Bertz CT molecular complexity index is 799. The van der Waals surface area contributed by atoms with E-state index in [4.69, 9.17) is 16.3 Å². The van der Waals surface area contributed by atoms with Gasteiger partial charge in [-0.25, -0.2) is 4.79 Å². The van der Waals surface area contributed by atoms with Gasteiger partial charge in [-0.1, -0.05) is 48.0 Å². The third-order valence-corrected chi connectivity index (χ3v) is 4.36. The van der Waals surface area contributed by atoms with E-state index in [-0.39, 0.29) is 12.5 Å². The molecule has 0 unspecified atom stereocenters. The van der Waals surface area contributed by atoms with Gasteiger partial charge in [0.05, 0.1) is 0 Å². The van der Waals surface area contributed by atoms with Gasteiger partial charge in [0.25, 0.3) is 5.91 Å². The lowest BCUT2D eigenvalue weighted by molar-refractivity contribution is -0.148. The zero-order chi connectivity index (χ0) is 17.6. The van der Waals surface area contributed by atoms with Crippen molar-refractivity contribution in [2.45, 2.75) is 13.0 Å². The van der Waals surface area contributed by atoms with Crippen LogP contribution >= 0.6 is 11.6 Å². The van der Waals surface area contributed by atoms with Gasteiger partial charge >= 0.3 is 5.97 Å². The number of carbonyl (C=O) groups is 2. The standard InChI is InChI=1S/C20H18ClNO3/c21-18-8-5-15(6-9-18)7-10-20(24)25-14-19(23)22-12-11-16-3-1-2-4-17(16)13-22/h1-10H,11-14H2. The number of carbonyl (C=O) groups excluding carboxylic acids is 2. The minimum atomic E-state index is -0.541. The second-order valence-corrected chi connectivity index (χ2v) is 6.26. The molecular formula is C20H18ClNO3. The van der Waals surface area contributed by atoms with Gasteiger partial charge in [0.2, 0.25) is 0 Å². The van der Waals surface area contributed by atoms with E-state index in [1.807, 2.05) is 18.2 Å². The first-order valence-corrected chi connectivity index (χ1v) is 8.44. The number of fused-ring (bicyclic) bond motifs is 1. The van der Waals surface area contributed by atoms with Crippen LogP contribution in [0, 0.1) is 0 Å². The summed E-state index contributed by atoms with van der Waals surface area (Å²) in [6.45, 7) is 0.965. The molecule has 1 aliphatic rings. The quantitative estimate of drug-likeness (QED) is 0.623. The summed E-state index contributed by atoms with van der Waals surface area (Å²) in [5.41, 5.74) is 3.26. The highest BCUT2D eigenvalue weighted by atomic mass is 35.5. The number of hydrogen-bond donors (Lipinski definition) is 0. The molecule has 5 heteroatoms. The third-order valence-electron chi connectivity index (χ3n) is 4.10. The molecule has 25 heavy (non-hydrogen) atoms. The topological polar surface area (TPSA) is 46.6 Å². The molecule has 2 aromatic rings. The molecule has 0 aliphatic carbocycles. The van der Waals surface area contributed by atoms with Gasteiger partial charge in [-0.15, -0.1) is 0 Å². The molecule has 0 saturated heterocycles. The van der Waals surface area contributed by atoms with Crippen molar-refractivity contribution in [2.24, 2.45) is 0 Å². The molecule has 0 spiro atoms. The minimum absolute atomic E-state index is 0.178. The Hall–Kier alpha value is -2.59. The number of halogens is 1. The molecule has 2 aromatic carbocycles. The van der Waals surface area contributed by atoms with E-state index in [2.05, 4.69) is 6.07 Å². The van der Waals surface area contributed by atoms with E-state index in [9.17, 15) is 9.59 Å². The van der Waals surface area contributed by atoms with Crippen molar-refractivity contribution in [2.75, 3.05) is 13.2 Å². The molecule has 0 fully saturated rings. The Balaban J connectivity index is 1.49. The van der Waals surface area contributed by atoms with Crippen LogP contribution in [0.15, 0.2) is 54.6 Å². The van der Waals surface area contributed by atoms with E-state index < -0.39 is 5.97 Å². The summed E-state index contributed by atoms with van der Waals surface area (Å²) >= 11 is 5.81. The lowest BCUT2D eigenvalue weighted by Crippen LogP contribution is -2.38. The van der Waals surface area contributed by atoms with Crippen LogP contribution in [0.4, 0.5) is 0 Å². The molecule has 0 radical (unpaired) electrons. The van der Waals surface area contributed by atoms with Crippen LogP contribution in [0.5, 0.6) is 0 Å². The van der Waals surface area contributed by atoms with Crippen LogP contribution < -0.4 is 0 Å². The highest BCUT2D eigenvalue weighted by molar-refractivity contribution is 6.30. The van der Waals surface area contributed by atoms with Gasteiger partial charge in [-0.3, -0.25) is 4.79 Å². The Kier molecular flexibility index (Phi) is 5.51. The van der Waals surface area contributed by atoms with Gasteiger partial charge < -0.3 is 9.64 Å². The van der Waals surface area contributed by atoms with E-state index in [0.29, 0.717) is 18.1 Å². The molecule has 1 amide bonds. The Morgan fingerprint density at radius 1 is 1.08 bits per heavy atom. The zero-order valence-electron chi connectivity index (χ0n) is 13.7. The van der Waals surface area contributed by atoms with E-state index in [1.54, 1.807) is 35.2 Å². The Labute approximate surface area is 151 Å². The first-order valence-electron chi connectivity index (χ1n) is 8.07. The van der Waals surface area contributed by atoms with Crippen molar-refractivity contribution >= 4 is 29.6 Å². The number of esters is 1. The summed E-state index contributed by atoms with van der Waals surface area (Å²) in [6.07, 6.45) is 3.76. The third kappa shape index (κ3) is 4.70. The summed E-state index contributed by atoms with van der Waals surface area (Å²) in [5, 5.41) is 0.633. The predicted molar refractivity (Wildman–Crippen MR) is 97.0 cm³/mol. The Morgan fingerprint density at radius 3 is 2.56 bits per heavy atom. The van der Waals surface area contributed by atoms with Gasteiger partial charge in [-0.2, -0.15) is 0 Å². The molecule has 3 rings (SSSR count). The van der Waals surface area contributed by atoms with Crippen molar-refractivity contribution in [3.63, 3.8) is 0 Å². The molecule has 0 saturated carbocycles. The highest BCUT2D eigenvalue weighted by Crippen LogP contribution is 2.18. The fourth-order valence-corrected chi connectivity index (χ4v) is 2.85. The van der Waals surface area contributed by atoms with E-state index >= 15 is 0 Å². The van der Waals surface area contributed by atoms with Crippen LogP contribution in [-0.4, -0.2) is 29.9 Å². The maximum Gasteiger partial charge on any atom is 0.331 e. The van der Waals surface area contributed by atoms with Crippen molar-refractivity contribution in [1.82, 2.24) is 4.90 Å². The van der Waals surface area contributed by atoms with Crippen LogP contribution in [-0.2, 0) is 27.3 Å². The summed E-state index contributed by atoms with van der Waals surface area (Å²) in [4.78, 5) is 25.7.